The molecule has 0 saturated carbocycles. The molecule has 1 aromatic carbocycles. The molecule has 70 valence electrons. The fourth-order valence-electron chi connectivity index (χ4n) is 0.964. The summed E-state index contributed by atoms with van der Waals surface area (Å²) in [6, 6.07) is 5.44. The lowest BCUT2D eigenvalue weighted by Gasteiger charge is -2.04. The van der Waals surface area contributed by atoms with Gasteiger partial charge in [0.05, 0.1) is 20.5 Å². The van der Waals surface area contributed by atoms with Gasteiger partial charge in [-0.15, -0.1) is 0 Å². The van der Waals surface area contributed by atoms with Gasteiger partial charge in [0, 0.05) is 10.6 Å². The first-order chi connectivity index (χ1) is 6.27. The van der Waals surface area contributed by atoms with Crippen LogP contribution in [-0.2, 0) is 4.74 Å². The van der Waals surface area contributed by atoms with E-state index >= 15 is 0 Å². The summed E-state index contributed by atoms with van der Waals surface area (Å²) in [5.41, 5.74) is 0.939. The first kappa shape index (κ1) is 9.93. The number of benzene rings is 1. The minimum absolute atomic E-state index is 0.659. The van der Waals surface area contributed by atoms with E-state index in [-0.39, 0.29) is 0 Å². The maximum absolute atomic E-state index is 5.79. The largest absolute Gasteiger partial charge is 0.504 e. The molecule has 0 heterocycles. The third kappa shape index (κ3) is 2.67. The second kappa shape index (κ2) is 4.77. The summed E-state index contributed by atoms with van der Waals surface area (Å²) >= 11 is 5.79. The van der Waals surface area contributed by atoms with Crippen molar-refractivity contribution in [3.05, 3.63) is 35.0 Å². The number of ether oxygens (including phenoxy) is 2. The highest BCUT2D eigenvalue weighted by atomic mass is 35.5. The molecule has 0 fully saturated rings. The Balaban J connectivity index is 2.99. The lowest BCUT2D eigenvalue weighted by atomic mass is 10.2. The Bertz CT molecular complexity index is 308. The molecule has 2 nitrogen and oxygen atoms in total. The van der Waals surface area contributed by atoms with Gasteiger partial charge in [0.15, 0.2) is 0 Å². The van der Waals surface area contributed by atoms with Crippen molar-refractivity contribution < 1.29 is 9.47 Å². The van der Waals surface area contributed by atoms with Crippen molar-refractivity contribution in [2.75, 3.05) is 14.2 Å². The minimum Gasteiger partial charge on any atom is -0.504 e. The Hall–Kier alpha value is -1.15. The zero-order valence-corrected chi connectivity index (χ0v) is 8.34. The molecule has 1 rings (SSSR count). The van der Waals surface area contributed by atoms with E-state index < -0.39 is 0 Å². The molecular weight excluding hydrogens is 188 g/mol. The van der Waals surface area contributed by atoms with Crippen LogP contribution in [0.1, 0.15) is 5.56 Å². The fraction of sp³-hybridized carbons (Fsp3) is 0.200. The second-order valence-electron chi connectivity index (χ2n) is 2.42. The molecule has 0 aromatic heterocycles. The van der Waals surface area contributed by atoms with E-state index in [0.717, 1.165) is 11.3 Å². The Morgan fingerprint density at radius 3 is 2.69 bits per heavy atom. The number of rotatable bonds is 3. The van der Waals surface area contributed by atoms with Gasteiger partial charge in [-0.1, -0.05) is 11.6 Å². The summed E-state index contributed by atoms with van der Waals surface area (Å²) in [4.78, 5) is 0. The average molecular weight is 199 g/mol. The van der Waals surface area contributed by atoms with Crippen LogP contribution < -0.4 is 4.74 Å². The first-order valence-corrected chi connectivity index (χ1v) is 4.18. The second-order valence-corrected chi connectivity index (χ2v) is 2.86. The van der Waals surface area contributed by atoms with Crippen molar-refractivity contribution >= 4 is 17.7 Å². The standard InChI is InChI=1S/C10H11ClO2/c1-12-6-5-8-3-4-9(11)7-10(8)13-2/h3-7H,1-2H3/b6-5+. The van der Waals surface area contributed by atoms with Crippen LogP contribution in [0.15, 0.2) is 24.5 Å². The monoisotopic (exact) mass is 198 g/mol. The van der Waals surface area contributed by atoms with Crippen LogP contribution in [0.5, 0.6) is 5.75 Å². The van der Waals surface area contributed by atoms with E-state index in [0.29, 0.717) is 5.02 Å². The Morgan fingerprint density at radius 2 is 2.08 bits per heavy atom. The molecule has 0 aliphatic carbocycles. The van der Waals surface area contributed by atoms with Gasteiger partial charge in [-0.3, -0.25) is 0 Å². The summed E-state index contributed by atoms with van der Waals surface area (Å²) in [5, 5.41) is 0.659. The van der Waals surface area contributed by atoms with Gasteiger partial charge in [0.25, 0.3) is 0 Å². The Labute approximate surface area is 82.7 Å². The molecule has 3 heteroatoms. The zero-order valence-electron chi connectivity index (χ0n) is 7.58. The molecule has 0 unspecified atom stereocenters. The van der Waals surface area contributed by atoms with Crippen molar-refractivity contribution in [1.29, 1.82) is 0 Å². The van der Waals surface area contributed by atoms with Crippen LogP contribution in [0.4, 0.5) is 0 Å². The SMILES string of the molecule is CO/C=C/c1ccc(Cl)cc1OC. The minimum atomic E-state index is 0.659. The smallest absolute Gasteiger partial charge is 0.127 e. The highest BCUT2D eigenvalue weighted by Crippen LogP contribution is 2.23. The summed E-state index contributed by atoms with van der Waals surface area (Å²) in [6.45, 7) is 0. The summed E-state index contributed by atoms with van der Waals surface area (Å²) in [5.74, 6) is 0.737. The molecule has 0 radical (unpaired) electrons. The summed E-state index contributed by atoms with van der Waals surface area (Å²) < 4.78 is 9.94. The van der Waals surface area contributed by atoms with Crippen molar-refractivity contribution in [2.45, 2.75) is 0 Å². The molecule has 0 N–H and O–H groups in total. The van der Waals surface area contributed by atoms with Crippen LogP contribution >= 0.6 is 11.6 Å². The van der Waals surface area contributed by atoms with E-state index in [2.05, 4.69) is 0 Å². The van der Waals surface area contributed by atoms with Crippen molar-refractivity contribution in [2.24, 2.45) is 0 Å². The molecule has 13 heavy (non-hydrogen) atoms. The lowest BCUT2D eigenvalue weighted by Crippen LogP contribution is -1.86. The highest BCUT2D eigenvalue weighted by molar-refractivity contribution is 6.30. The molecule has 0 spiro atoms. The first-order valence-electron chi connectivity index (χ1n) is 3.81. The maximum Gasteiger partial charge on any atom is 0.127 e. The highest BCUT2D eigenvalue weighted by Gasteiger charge is 1.99. The lowest BCUT2D eigenvalue weighted by molar-refractivity contribution is 0.341. The predicted octanol–water partition coefficient (Wildman–Crippen LogP) is 2.97. The van der Waals surface area contributed by atoms with Crippen LogP contribution in [0.25, 0.3) is 6.08 Å². The molecule has 0 amide bonds. The molecule has 1 aromatic rings. The van der Waals surface area contributed by atoms with Crippen molar-refractivity contribution in [3.63, 3.8) is 0 Å². The third-order valence-electron chi connectivity index (χ3n) is 1.58. The number of methoxy groups -OCH3 is 2. The van der Waals surface area contributed by atoms with Crippen LogP contribution in [0.2, 0.25) is 5.02 Å². The molecule has 0 aliphatic heterocycles. The van der Waals surface area contributed by atoms with Gasteiger partial charge in [-0.2, -0.15) is 0 Å². The summed E-state index contributed by atoms with van der Waals surface area (Å²) in [6.07, 6.45) is 3.40. The number of hydrogen-bond acceptors (Lipinski definition) is 2. The average Bonchev–Trinajstić information content (AvgIpc) is 2.16. The van der Waals surface area contributed by atoms with Gasteiger partial charge in [-0.25, -0.2) is 0 Å². The van der Waals surface area contributed by atoms with Gasteiger partial charge >= 0.3 is 0 Å². The molecule has 0 saturated heterocycles. The molecule has 0 aliphatic rings. The normalized spacial score (nSPS) is 10.4. The van der Waals surface area contributed by atoms with Crippen LogP contribution in [0, 0.1) is 0 Å². The van der Waals surface area contributed by atoms with E-state index in [1.165, 1.54) is 0 Å². The van der Waals surface area contributed by atoms with Crippen molar-refractivity contribution in [3.8, 4) is 5.75 Å². The van der Waals surface area contributed by atoms with Gasteiger partial charge in [0.1, 0.15) is 5.75 Å². The van der Waals surface area contributed by atoms with Gasteiger partial charge < -0.3 is 9.47 Å². The van der Waals surface area contributed by atoms with Gasteiger partial charge in [0.2, 0.25) is 0 Å². The summed E-state index contributed by atoms with van der Waals surface area (Å²) in [7, 11) is 3.20. The van der Waals surface area contributed by atoms with Crippen molar-refractivity contribution in [1.82, 2.24) is 0 Å². The van der Waals surface area contributed by atoms with Crippen LogP contribution in [0.3, 0.4) is 0 Å². The van der Waals surface area contributed by atoms with E-state index in [4.69, 9.17) is 21.1 Å². The molecular formula is C10H11ClO2. The predicted molar refractivity (Wildman–Crippen MR) is 54.0 cm³/mol. The van der Waals surface area contributed by atoms with E-state index in [1.54, 1.807) is 32.6 Å². The Morgan fingerprint density at radius 1 is 1.31 bits per heavy atom. The van der Waals surface area contributed by atoms with E-state index in [9.17, 15) is 0 Å². The van der Waals surface area contributed by atoms with E-state index in [1.807, 2.05) is 12.1 Å². The third-order valence-corrected chi connectivity index (χ3v) is 1.81. The number of hydrogen-bond donors (Lipinski definition) is 0. The fourth-order valence-corrected chi connectivity index (χ4v) is 1.13. The Kier molecular flexibility index (Phi) is 3.65. The quantitative estimate of drug-likeness (QED) is 0.696. The topological polar surface area (TPSA) is 18.5 Å². The zero-order chi connectivity index (χ0) is 9.68. The van der Waals surface area contributed by atoms with Crippen LogP contribution in [-0.4, -0.2) is 14.2 Å². The molecule has 0 bridgehead atoms. The maximum atomic E-state index is 5.79. The number of halogens is 1. The van der Waals surface area contributed by atoms with Gasteiger partial charge in [-0.05, 0) is 24.3 Å². The molecule has 0 atom stereocenters.